The molecule has 0 saturated heterocycles. The van der Waals surface area contributed by atoms with E-state index in [1.54, 1.807) is 49.6 Å². The normalized spacial score (nSPS) is 11.9. The first-order valence-electron chi connectivity index (χ1n) is 27.7. The summed E-state index contributed by atoms with van der Waals surface area (Å²) in [4.78, 5) is 37.6. The van der Waals surface area contributed by atoms with Gasteiger partial charge in [-0.3, -0.25) is 0 Å². The van der Waals surface area contributed by atoms with Gasteiger partial charge in [0.1, 0.15) is 11.4 Å². The van der Waals surface area contributed by atoms with Crippen molar-refractivity contribution >= 4 is 87.2 Å². The van der Waals surface area contributed by atoms with Crippen molar-refractivity contribution < 1.29 is 4.39 Å². The summed E-state index contributed by atoms with van der Waals surface area (Å²) in [5.41, 5.74) is 13.0. The number of para-hydroxylation sites is 4. The predicted octanol–water partition coefficient (Wildman–Crippen LogP) is 16.4. The second-order valence-electron chi connectivity index (χ2n) is 21.0. The van der Waals surface area contributed by atoms with Crippen LogP contribution in [0.25, 0.3) is 156 Å². The van der Waals surface area contributed by atoms with Gasteiger partial charge in [-0.2, -0.15) is 0 Å². The summed E-state index contributed by atoms with van der Waals surface area (Å²) in [5, 5.41) is 7.65. The van der Waals surface area contributed by atoms with Crippen LogP contribution in [0.4, 0.5) is 4.39 Å². The second kappa shape index (κ2) is 18.5. The molecule has 8 heterocycles. The van der Waals surface area contributed by atoms with E-state index in [1.807, 2.05) is 48.5 Å². The monoisotopic (exact) mass is 1080 g/mol. The Labute approximate surface area is 477 Å². The van der Waals surface area contributed by atoms with Crippen LogP contribution in [0, 0.1) is 12.7 Å². The lowest BCUT2D eigenvalue weighted by molar-refractivity contribution is 0.611. The fourth-order valence-electron chi connectivity index (χ4n) is 12.9. The Morgan fingerprint density at radius 2 is 0.476 bits per heavy atom. The summed E-state index contributed by atoms with van der Waals surface area (Å²) in [5.74, 6) is 1.92. The van der Waals surface area contributed by atoms with Crippen LogP contribution in [0.3, 0.4) is 0 Å². The summed E-state index contributed by atoms with van der Waals surface area (Å²) in [6, 6.07) is 65.8. The van der Waals surface area contributed by atoms with Gasteiger partial charge >= 0.3 is 0 Å². The predicted molar refractivity (Wildman–Crippen MR) is 333 cm³/mol. The molecule has 0 bridgehead atoms. The topological polar surface area (TPSA) is 123 Å². The minimum atomic E-state index is -0.430. The van der Waals surface area contributed by atoms with E-state index < -0.39 is 5.82 Å². The van der Waals surface area contributed by atoms with Gasteiger partial charge in [-0.25, -0.2) is 44.3 Å². The summed E-state index contributed by atoms with van der Waals surface area (Å²) in [6.45, 7) is 2.16. The lowest BCUT2D eigenvalue weighted by Gasteiger charge is -2.27. The minimum absolute atomic E-state index is 0.378. The van der Waals surface area contributed by atoms with Gasteiger partial charge < -0.3 is 18.3 Å². The molecule has 8 aromatic heterocycles. The quantitative estimate of drug-likeness (QED) is 0.147. The molecule has 0 amide bonds. The summed E-state index contributed by atoms with van der Waals surface area (Å²) >= 11 is 0. The maximum atomic E-state index is 21.0. The van der Waals surface area contributed by atoms with Crippen LogP contribution in [0.5, 0.6) is 0 Å². The highest BCUT2D eigenvalue weighted by atomic mass is 19.1. The molecule has 0 spiro atoms. The number of rotatable bonds is 8. The van der Waals surface area contributed by atoms with Gasteiger partial charge in [-0.15, -0.1) is 0 Å². The highest BCUT2D eigenvalue weighted by molar-refractivity contribution is 6.16. The molecule has 0 N–H and O–H groups in total. The Morgan fingerprint density at radius 1 is 0.250 bits per heavy atom. The number of halogens is 1. The molecule has 17 rings (SSSR count). The van der Waals surface area contributed by atoms with E-state index in [9.17, 15) is 0 Å². The molecule has 0 aliphatic carbocycles. The first-order valence-corrected chi connectivity index (χ1v) is 27.7. The maximum Gasteiger partial charge on any atom is 0.175 e. The van der Waals surface area contributed by atoms with E-state index in [0.717, 1.165) is 115 Å². The van der Waals surface area contributed by atoms with Crippen LogP contribution in [0.2, 0.25) is 0 Å². The Bertz CT molecular complexity index is 4880. The Kier molecular flexibility index (Phi) is 10.4. The van der Waals surface area contributed by atoms with Crippen LogP contribution in [0.1, 0.15) is 5.56 Å². The van der Waals surface area contributed by atoms with Crippen LogP contribution >= 0.6 is 0 Å². The van der Waals surface area contributed by atoms with Crippen molar-refractivity contribution in [1.29, 1.82) is 0 Å². The van der Waals surface area contributed by atoms with Gasteiger partial charge in [0.2, 0.25) is 0 Å². The van der Waals surface area contributed by atoms with Gasteiger partial charge in [-0.1, -0.05) is 72.8 Å². The molecule has 12 nitrogen and oxygen atoms in total. The highest BCUT2D eigenvalue weighted by Crippen LogP contribution is 2.49. The zero-order valence-corrected chi connectivity index (χ0v) is 44.8. The number of hydrogen-bond donors (Lipinski definition) is 0. The van der Waals surface area contributed by atoms with Crippen molar-refractivity contribution in [1.82, 2.24) is 58.1 Å². The van der Waals surface area contributed by atoms with E-state index in [4.69, 9.17) is 39.9 Å². The zero-order chi connectivity index (χ0) is 55.6. The fourth-order valence-corrected chi connectivity index (χ4v) is 12.9. The van der Waals surface area contributed by atoms with E-state index in [0.29, 0.717) is 46.0 Å². The molecule has 9 aromatic carbocycles. The number of fused-ring (bicyclic) bond motifs is 12. The van der Waals surface area contributed by atoms with Gasteiger partial charge in [0.05, 0.1) is 55.5 Å². The summed E-state index contributed by atoms with van der Waals surface area (Å²) in [7, 11) is 0. The van der Waals surface area contributed by atoms with Crippen LogP contribution in [-0.2, 0) is 0 Å². The zero-order valence-electron chi connectivity index (χ0n) is 44.8. The van der Waals surface area contributed by atoms with Crippen molar-refractivity contribution in [2.45, 2.75) is 6.92 Å². The second-order valence-corrected chi connectivity index (χ2v) is 21.0. The third-order valence-corrected chi connectivity index (χ3v) is 16.5. The van der Waals surface area contributed by atoms with E-state index in [1.165, 1.54) is 0 Å². The molecule has 394 valence electrons. The van der Waals surface area contributed by atoms with Crippen LogP contribution < -0.4 is 0 Å². The van der Waals surface area contributed by atoms with E-state index in [2.05, 4.69) is 171 Å². The van der Waals surface area contributed by atoms with Gasteiger partial charge in [-0.05, 0) is 128 Å². The Morgan fingerprint density at radius 3 is 0.738 bits per heavy atom. The van der Waals surface area contributed by atoms with Gasteiger partial charge in [0, 0.05) is 120 Å². The average molecular weight is 1080 g/mol. The van der Waals surface area contributed by atoms with Crippen LogP contribution in [0.15, 0.2) is 244 Å². The number of hydrogen-bond acceptors (Lipinski definition) is 8. The lowest BCUT2D eigenvalue weighted by atomic mass is 10.0. The smallest absolute Gasteiger partial charge is 0.175 e. The summed E-state index contributed by atoms with van der Waals surface area (Å²) < 4.78 is 29.8. The number of aromatic nitrogens is 12. The molecular formula is C71H43FN12. The molecule has 0 unspecified atom stereocenters. The molecule has 0 aliphatic heterocycles. The maximum absolute atomic E-state index is 21.0. The highest BCUT2D eigenvalue weighted by Gasteiger charge is 2.34. The lowest BCUT2D eigenvalue weighted by Crippen LogP contribution is -2.16. The van der Waals surface area contributed by atoms with E-state index in [-0.39, 0.29) is 0 Å². The molecule has 0 aliphatic rings. The molecule has 0 atom stereocenters. The third-order valence-electron chi connectivity index (χ3n) is 16.5. The minimum Gasteiger partial charge on any atom is -0.307 e. The molecule has 17 aromatic rings. The Balaban J connectivity index is 1.10. The van der Waals surface area contributed by atoms with Crippen molar-refractivity contribution in [2.75, 3.05) is 0 Å². The third kappa shape index (κ3) is 6.99. The van der Waals surface area contributed by atoms with Crippen molar-refractivity contribution in [2.24, 2.45) is 0 Å². The standard InChI is InChI=1S/C71H43FN12/c1-42-64(81-59-26-22-43(68-73-30-10-31-74-68)38-51(59)52-39-44(23-27-60(52)81)69-75-32-11-33-76-69)66(83-55-18-6-2-14-47(55)48-15-3-7-19-56(48)83)63(72)67(84-57-20-8-4-16-49(57)50-17-5-9-21-58(50)84)65(42)82-61-28-24-45(70-77-34-12-35-78-70)40-53(61)54-41-46(25-29-62(54)82)71-79-36-13-37-80-71/h2-41H,1H3. The first kappa shape index (κ1) is 47.3. The number of nitrogens with zero attached hydrogens (tertiary/aromatic N) is 12. The Hall–Kier alpha value is -11.6. The largest absolute Gasteiger partial charge is 0.307 e. The van der Waals surface area contributed by atoms with E-state index >= 15 is 4.39 Å². The number of benzene rings is 9. The molecule has 0 saturated carbocycles. The van der Waals surface area contributed by atoms with Gasteiger partial charge in [0.25, 0.3) is 0 Å². The van der Waals surface area contributed by atoms with Crippen molar-refractivity contribution in [3.8, 4) is 68.3 Å². The van der Waals surface area contributed by atoms with Gasteiger partial charge in [0.15, 0.2) is 29.1 Å². The average Bonchev–Trinajstić information content (AvgIpc) is 1.99. The fraction of sp³-hybridized carbons (Fsp3) is 0.0141. The molecule has 84 heavy (non-hydrogen) atoms. The summed E-state index contributed by atoms with van der Waals surface area (Å²) in [6.07, 6.45) is 14.0. The first-order chi connectivity index (χ1) is 41.6. The molecular weight excluding hydrogens is 1040 g/mol. The SMILES string of the molecule is Cc1c(-n2c3ccc(-c4ncccn4)cc3c3cc(-c4ncccn4)ccc32)c(-n2c3ccccc3c3ccccc32)c(F)c(-n2c3ccccc3c3ccccc32)c1-n1c2ccc(-c3ncccn3)cc2c2cc(-c3ncccn3)ccc21. The van der Waals surface area contributed by atoms with Crippen molar-refractivity contribution in [3.63, 3.8) is 0 Å². The molecule has 0 fully saturated rings. The molecule has 13 heteroatoms. The van der Waals surface area contributed by atoms with Crippen molar-refractivity contribution in [3.05, 3.63) is 255 Å². The molecule has 0 radical (unpaired) electrons. The van der Waals surface area contributed by atoms with Crippen LogP contribution in [-0.4, -0.2) is 58.1 Å².